The Morgan fingerprint density at radius 2 is 2.00 bits per heavy atom. The molecule has 21 heavy (non-hydrogen) atoms. The fourth-order valence-corrected chi connectivity index (χ4v) is 2.57. The molecule has 0 radical (unpaired) electrons. The second-order valence-electron chi connectivity index (χ2n) is 5.51. The van der Waals surface area contributed by atoms with Gasteiger partial charge in [0.1, 0.15) is 0 Å². The van der Waals surface area contributed by atoms with Crippen LogP contribution in [-0.4, -0.2) is 24.7 Å². The summed E-state index contributed by atoms with van der Waals surface area (Å²) in [7, 11) is 0. The highest BCUT2D eigenvalue weighted by atomic mass is 16.3. The average molecular weight is 290 g/mol. The Bertz CT molecular complexity index is 542. The Balaban J connectivity index is 2.00. The molecule has 0 aliphatic heterocycles. The van der Waals surface area contributed by atoms with Gasteiger partial charge in [-0.05, 0) is 25.3 Å². The number of rotatable bonds is 8. The third-order valence-electron chi connectivity index (χ3n) is 3.87. The number of aryl methyl sites for hydroxylation is 1. The minimum absolute atomic E-state index is 0.447. The lowest BCUT2D eigenvalue weighted by molar-refractivity contribution is 0.176. The van der Waals surface area contributed by atoms with Gasteiger partial charge in [0, 0.05) is 30.9 Å². The molecule has 0 aliphatic carbocycles. The monoisotopic (exact) mass is 290 g/mol. The van der Waals surface area contributed by atoms with Gasteiger partial charge in [-0.2, -0.15) is 10.2 Å². The van der Waals surface area contributed by atoms with Crippen molar-refractivity contribution in [3.05, 3.63) is 35.9 Å². The molecule has 5 heteroatoms. The molecule has 0 saturated heterocycles. The largest absolute Gasteiger partial charge is 0.388 e. The van der Waals surface area contributed by atoms with Crippen molar-refractivity contribution in [3.63, 3.8) is 0 Å². The third-order valence-corrected chi connectivity index (χ3v) is 3.87. The van der Waals surface area contributed by atoms with Crippen LogP contribution in [-0.2, 0) is 13.0 Å². The molecule has 0 amide bonds. The van der Waals surface area contributed by atoms with Gasteiger partial charge in [-0.1, -0.05) is 20.8 Å². The standard InChI is InChI=1S/C16H26N4O/c1-4-8-19-12-13(11-17-19)16(21)10-14-7-9-20(18-14)15(5-2)6-3/h7,9,11-12,15-16,21H,4-6,8,10H2,1-3H3. The van der Waals surface area contributed by atoms with E-state index in [4.69, 9.17) is 0 Å². The molecule has 0 aromatic carbocycles. The first-order valence-electron chi connectivity index (χ1n) is 7.92. The van der Waals surface area contributed by atoms with E-state index in [1.165, 1.54) is 0 Å². The van der Waals surface area contributed by atoms with Gasteiger partial charge in [0.15, 0.2) is 0 Å². The number of hydrogen-bond acceptors (Lipinski definition) is 3. The van der Waals surface area contributed by atoms with E-state index in [1.807, 2.05) is 27.8 Å². The van der Waals surface area contributed by atoms with Crippen molar-refractivity contribution in [2.45, 2.75) is 65.1 Å². The molecule has 2 rings (SSSR count). The quantitative estimate of drug-likeness (QED) is 0.812. The Labute approximate surface area is 126 Å². The third kappa shape index (κ3) is 3.94. The van der Waals surface area contributed by atoms with Gasteiger partial charge in [-0.15, -0.1) is 0 Å². The van der Waals surface area contributed by atoms with Gasteiger partial charge in [0.2, 0.25) is 0 Å². The highest BCUT2D eigenvalue weighted by molar-refractivity contribution is 5.12. The zero-order valence-corrected chi connectivity index (χ0v) is 13.2. The minimum atomic E-state index is -0.541. The zero-order chi connectivity index (χ0) is 15.2. The second kappa shape index (κ2) is 7.41. The van der Waals surface area contributed by atoms with E-state index in [-0.39, 0.29) is 0 Å². The van der Waals surface area contributed by atoms with Crippen molar-refractivity contribution in [2.75, 3.05) is 0 Å². The molecule has 2 heterocycles. The van der Waals surface area contributed by atoms with Crippen molar-refractivity contribution < 1.29 is 5.11 Å². The van der Waals surface area contributed by atoms with Crippen molar-refractivity contribution >= 4 is 0 Å². The molecule has 0 bridgehead atoms. The summed E-state index contributed by atoms with van der Waals surface area (Å²) in [6.07, 6.45) is 8.86. The van der Waals surface area contributed by atoms with Gasteiger partial charge in [-0.3, -0.25) is 9.36 Å². The van der Waals surface area contributed by atoms with Gasteiger partial charge in [-0.25, -0.2) is 0 Å². The first-order valence-corrected chi connectivity index (χ1v) is 7.92. The van der Waals surface area contributed by atoms with Crippen LogP contribution in [0.5, 0.6) is 0 Å². The first kappa shape index (κ1) is 15.8. The molecule has 0 aliphatic rings. The predicted octanol–water partition coefficient (Wildman–Crippen LogP) is 3.13. The van der Waals surface area contributed by atoms with Crippen LogP contribution in [0.25, 0.3) is 0 Å². The molecule has 1 unspecified atom stereocenters. The summed E-state index contributed by atoms with van der Waals surface area (Å²) in [4.78, 5) is 0. The SMILES string of the molecule is CCCn1cc(C(O)Cc2ccn(C(CC)CC)n2)cn1. The van der Waals surface area contributed by atoms with Gasteiger partial charge in [0.25, 0.3) is 0 Å². The van der Waals surface area contributed by atoms with Crippen LogP contribution >= 0.6 is 0 Å². The van der Waals surface area contributed by atoms with E-state index in [0.29, 0.717) is 12.5 Å². The van der Waals surface area contributed by atoms with E-state index in [0.717, 1.165) is 37.1 Å². The summed E-state index contributed by atoms with van der Waals surface area (Å²) in [5, 5.41) is 19.2. The normalized spacial score (nSPS) is 13.0. The lowest BCUT2D eigenvalue weighted by Gasteiger charge is -2.12. The summed E-state index contributed by atoms with van der Waals surface area (Å²) in [6.45, 7) is 7.34. The molecular formula is C16H26N4O. The smallest absolute Gasteiger partial charge is 0.0876 e. The number of aliphatic hydroxyl groups excluding tert-OH is 1. The van der Waals surface area contributed by atoms with Gasteiger partial charge in [0.05, 0.1) is 24.0 Å². The molecule has 0 fully saturated rings. The van der Waals surface area contributed by atoms with E-state index < -0.39 is 6.10 Å². The minimum Gasteiger partial charge on any atom is -0.388 e. The van der Waals surface area contributed by atoms with Crippen LogP contribution in [0.4, 0.5) is 0 Å². The lowest BCUT2D eigenvalue weighted by atomic mass is 10.1. The van der Waals surface area contributed by atoms with Crippen molar-refractivity contribution in [3.8, 4) is 0 Å². The van der Waals surface area contributed by atoms with Crippen LogP contribution in [0.2, 0.25) is 0 Å². The molecule has 1 N–H and O–H groups in total. The molecule has 0 spiro atoms. The van der Waals surface area contributed by atoms with Crippen LogP contribution in [0.15, 0.2) is 24.7 Å². The maximum absolute atomic E-state index is 10.3. The summed E-state index contributed by atoms with van der Waals surface area (Å²) >= 11 is 0. The Morgan fingerprint density at radius 3 is 2.67 bits per heavy atom. The van der Waals surface area contributed by atoms with Crippen LogP contribution in [0.1, 0.15) is 63.4 Å². The highest BCUT2D eigenvalue weighted by Gasteiger charge is 2.14. The summed E-state index contributed by atoms with van der Waals surface area (Å²) in [5.74, 6) is 0. The molecule has 5 nitrogen and oxygen atoms in total. The molecule has 116 valence electrons. The molecule has 0 saturated carbocycles. The average Bonchev–Trinajstić information content (AvgIpc) is 3.11. The van der Waals surface area contributed by atoms with E-state index in [9.17, 15) is 5.11 Å². The maximum atomic E-state index is 10.3. The summed E-state index contributed by atoms with van der Waals surface area (Å²) in [5.41, 5.74) is 1.79. The number of aromatic nitrogens is 4. The number of nitrogens with zero attached hydrogens (tertiary/aromatic N) is 4. The van der Waals surface area contributed by atoms with Crippen LogP contribution < -0.4 is 0 Å². The first-order chi connectivity index (χ1) is 10.2. The second-order valence-corrected chi connectivity index (χ2v) is 5.51. The fraction of sp³-hybridized carbons (Fsp3) is 0.625. The van der Waals surface area contributed by atoms with Crippen LogP contribution in [0.3, 0.4) is 0 Å². The Morgan fingerprint density at radius 1 is 1.24 bits per heavy atom. The van der Waals surface area contributed by atoms with Gasteiger partial charge >= 0.3 is 0 Å². The molecule has 2 aromatic rings. The predicted molar refractivity (Wildman–Crippen MR) is 83.0 cm³/mol. The van der Waals surface area contributed by atoms with E-state index in [2.05, 4.69) is 31.0 Å². The number of aliphatic hydroxyl groups is 1. The van der Waals surface area contributed by atoms with E-state index >= 15 is 0 Å². The zero-order valence-electron chi connectivity index (χ0n) is 13.2. The Kier molecular flexibility index (Phi) is 5.56. The number of hydrogen-bond donors (Lipinski definition) is 1. The van der Waals surface area contributed by atoms with Crippen molar-refractivity contribution in [1.29, 1.82) is 0 Å². The van der Waals surface area contributed by atoms with Gasteiger partial charge < -0.3 is 5.11 Å². The highest BCUT2D eigenvalue weighted by Crippen LogP contribution is 2.19. The summed E-state index contributed by atoms with van der Waals surface area (Å²) in [6, 6.07) is 2.45. The molecule has 1 atom stereocenters. The summed E-state index contributed by atoms with van der Waals surface area (Å²) < 4.78 is 3.89. The maximum Gasteiger partial charge on any atom is 0.0876 e. The lowest BCUT2D eigenvalue weighted by Crippen LogP contribution is -2.09. The fourth-order valence-electron chi connectivity index (χ4n) is 2.57. The molecule has 2 aromatic heterocycles. The van der Waals surface area contributed by atoms with Crippen molar-refractivity contribution in [1.82, 2.24) is 19.6 Å². The Hall–Kier alpha value is -1.62. The topological polar surface area (TPSA) is 55.9 Å². The van der Waals surface area contributed by atoms with Crippen molar-refractivity contribution in [2.24, 2.45) is 0 Å². The van der Waals surface area contributed by atoms with E-state index in [1.54, 1.807) is 6.20 Å². The molecular weight excluding hydrogens is 264 g/mol. The van der Waals surface area contributed by atoms with Crippen LogP contribution in [0, 0.1) is 0 Å².